The summed E-state index contributed by atoms with van der Waals surface area (Å²) in [6.07, 6.45) is 0. The van der Waals surface area contributed by atoms with Crippen molar-refractivity contribution >= 4 is 77.8 Å². The molecule has 3 heteroatoms. The molecule has 10 rings (SSSR count). The molecule has 0 spiro atoms. The zero-order valence-electron chi connectivity index (χ0n) is 28.6. The number of rotatable bonds is 5. The predicted molar refractivity (Wildman–Crippen MR) is 225 cm³/mol. The van der Waals surface area contributed by atoms with Gasteiger partial charge in [0, 0.05) is 37.1 Å². The number of para-hydroxylation sites is 1. The minimum atomic E-state index is -2.01. The molecule has 0 unspecified atom stereocenters. The van der Waals surface area contributed by atoms with Gasteiger partial charge in [-0.05, 0) is 91.4 Å². The van der Waals surface area contributed by atoms with Gasteiger partial charge >= 0.3 is 0 Å². The summed E-state index contributed by atoms with van der Waals surface area (Å²) in [4.78, 5) is 2.48. The maximum atomic E-state index is 2.53. The van der Waals surface area contributed by atoms with E-state index >= 15 is 0 Å². The predicted octanol–water partition coefficient (Wildman–Crippen LogP) is 12.8. The molecule has 0 saturated heterocycles. The van der Waals surface area contributed by atoms with E-state index in [9.17, 15) is 0 Å². The van der Waals surface area contributed by atoms with E-state index in [0.29, 0.717) is 0 Å². The maximum Gasteiger partial charge on any atom is 0.114 e. The van der Waals surface area contributed by atoms with E-state index in [4.69, 9.17) is 0 Å². The first kappa shape index (κ1) is 30.1. The van der Waals surface area contributed by atoms with Crippen molar-refractivity contribution in [2.24, 2.45) is 0 Å². The van der Waals surface area contributed by atoms with Gasteiger partial charge in [-0.1, -0.05) is 147 Å². The van der Waals surface area contributed by atoms with Crippen molar-refractivity contribution in [1.29, 1.82) is 0 Å². The molecule has 8 aromatic carbocycles. The highest BCUT2D eigenvalue weighted by Crippen LogP contribution is 2.45. The molecule has 242 valence electrons. The third-order valence-corrected chi connectivity index (χ3v) is 15.6. The highest BCUT2D eigenvalue weighted by Gasteiger charge is 2.39. The van der Waals surface area contributed by atoms with Crippen LogP contribution in [0, 0.1) is 0 Å². The lowest BCUT2D eigenvalue weighted by Crippen LogP contribution is -2.49. The number of fused-ring (bicyclic) bond motifs is 8. The summed E-state index contributed by atoms with van der Waals surface area (Å²) in [5.74, 6) is 0. The Morgan fingerprint density at radius 2 is 1.18 bits per heavy atom. The van der Waals surface area contributed by atoms with E-state index in [1.54, 1.807) is 5.19 Å². The van der Waals surface area contributed by atoms with Gasteiger partial charge in [0.2, 0.25) is 0 Å². The summed E-state index contributed by atoms with van der Waals surface area (Å²) in [7, 11) is -2.01. The Bertz CT molecular complexity index is 2790. The highest BCUT2D eigenvalue weighted by atomic mass is 32.1. The van der Waals surface area contributed by atoms with Gasteiger partial charge in [0.05, 0.1) is 5.69 Å². The van der Waals surface area contributed by atoms with E-state index in [1.807, 2.05) is 11.3 Å². The van der Waals surface area contributed by atoms with Crippen LogP contribution >= 0.6 is 11.3 Å². The second-order valence-corrected chi connectivity index (χ2v) is 19.5. The van der Waals surface area contributed by atoms with Crippen LogP contribution in [0.1, 0.15) is 0 Å². The summed E-state index contributed by atoms with van der Waals surface area (Å²) < 4.78 is 2.79. The van der Waals surface area contributed by atoms with E-state index in [-0.39, 0.29) is 0 Å². The van der Waals surface area contributed by atoms with Crippen LogP contribution in [-0.4, -0.2) is 8.07 Å². The number of nitrogens with zero attached hydrogens (tertiary/aromatic N) is 1. The first-order valence-electron chi connectivity index (χ1n) is 17.7. The zero-order chi connectivity index (χ0) is 34.1. The summed E-state index contributed by atoms with van der Waals surface area (Å²) in [5, 5.41) is 8.30. The standard InChI is InChI=1S/C48H35NSSi/c1-51(2)45-28-27-41-40-20-9-11-22-44(40)50-48(41)47(45)42-26-25-38(31-46(42)51)49(43-21-10-8-19-39(43)33-14-4-3-5-15-33)37-18-12-17-35(30-37)36-24-23-32-13-6-7-16-34(32)29-36/h3-31H,1-2H3. The van der Waals surface area contributed by atoms with E-state index in [2.05, 4.69) is 194 Å². The lowest BCUT2D eigenvalue weighted by Gasteiger charge is -2.30. The van der Waals surface area contributed by atoms with Crippen molar-refractivity contribution < 1.29 is 0 Å². The van der Waals surface area contributed by atoms with Crippen molar-refractivity contribution in [1.82, 2.24) is 0 Å². The van der Waals surface area contributed by atoms with Gasteiger partial charge in [-0.2, -0.15) is 0 Å². The zero-order valence-corrected chi connectivity index (χ0v) is 30.4. The van der Waals surface area contributed by atoms with E-state index in [0.717, 1.165) is 5.69 Å². The van der Waals surface area contributed by atoms with Crippen LogP contribution in [0.15, 0.2) is 176 Å². The normalized spacial score (nSPS) is 13.1. The van der Waals surface area contributed by atoms with Gasteiger partial charge in [0.1, 0.15) is 8.07 Å². The molecule has 9 aromatic rings. The quantitative estimate of drug-likeness (QED) is 0.163. The molecule has 1 aliphatic heterocycles. The summed E-state index contributed by atoms with van der Waals surface area (Å²) in [6.45, 7) is 5.06. The second-order valence-electron chi connectivity index (χ2n) is 14.1. The molecular weight excluding hydrogens is 651 g/mol. The number of hydrogen-bond donors (Lipinski definition) is 0. The molecule has 0 bridgehead atoms. The first-order valence-corrected chi connectivity index (χ1v) is 21.5. The van der Waals surface area contributed by atoms with Crippen LogP contribution in [0.25, 0.3) is 64.3 Å². The van der Waals surface area contributed by atoms with Crippen LogP contribution in [0.2, 0.25) is 13.1 Å². The Morgan fingerprint density at radius 1 is 0.451 bits per heavy atom. The highest BCUT2D eigenvalue weighted by molar-refractivity contribution is 7.26. The van der Waals surface area contributed by atoms with Crippen LogP contribution in [0.5, 0.6) is 0 Å². The number of anilines is 3. The Labute approximate surface area is 303 Å². The van der Waals surface area contributed by atoms with Crippen molar-refractivity contribution in [3.8, 4) is 33.4 Å². The summed E-state index contributed by atoms with van der Waals surface area (Å²) in [6, 6.07) is 65.1. The Kier molecular flexibility index (Phi) is 6.89. The number of hydrogen-bond acceptors (Lipinski definition) is 2. The Morgan fingerprint density at radius 3 is 2.08 bits per heavy atom. The molecule has 0 saturated carbocycles. The molecule has 0 amide bonds. The molecule has 51 heavy (non-hydrogen) atoms. The fourth-order valence-corrected chi connectivity index (χ4v) is 12.7. The maximum absolute atomic E-state index is 2.53. The number of thiophene rings is 1. The lowest BCUT2D eigenvalue weighted by molar-refractivity contribution is 1.29. The third kappa shape index (κ3) is 4.80. The van der Waals surface area contributed by atoms with Crippen LogP contribution < -0.4 is 15.3 Å². The fraction of sp³-hybridized carbons (Fsp3) is 0.0417. The average Bonchev–Trinajstić information content (AvgIpc) is 3.67. The molecule has 0 aliphatic carbocycles. The van der Waals surface area contributed by atoms with Gasteiger partial charge in [-0.3, -0.25) is 0 Å². The summed E-state index contributed by atoms with van der Waals surface area (Å²) in [5.41, 5.74) is 11.2. The van der Waals surface area contributed by atoms with Crippen molar-refractivity contribution in [2.75, 3.05) is 4.90 Å². The molecular formula is C48H35NSSi. The largest absolute Gasteiger partial charge is 0.310 e. The van der Waals surface area contributed by atoms with Crippen LogP contribution in [0.3, 0.4) is 0 Å². The van der Waals surface area contributed by atoms with Gasteiger partial charge in [0.15, 0.2) is 0 Å². The lowest BCUT2D eigenvalue weighted by atomic mass is 9.98. The van der Waals surface area contributed by atoms with Crippen LogP contribution in [-0.2, 0) is 0 Å². The Hall–Kier alpha value is -5.74. The number of benzene rings is 8. The minimum absolute atomic E-state index is 1.14. The third-order valence-electron chi connectivity index (χ3n) is 10.8. The molecule has 1 nitrogen and oxygen atoms in total. The van der Waals surface area contributed by atoms with Crippen LogP contribution in [0.4, 0.5) is 17.1 Å². The van der Waals surface area contributed by atoms with Crippen molar-refractivity contribution in [2.45, 2.75) is 13.1 Å². The average molecular weight is 686 g/mol. The minimum Gasteiger partial charge on any atom is -0.310 e. The van der Waals surface area contributed by atoms with Gasteiger partial charge in [-0.25, -0.2) is 0 Å². The topological polar surface area (TPSA) is 3.24 Å². The molecule has 2 heterocycles. The fourth-order valence-electron chi connectivity index (χ4n) is 8.28. The molecule has 0 atom stereocenters. The smallest absolute Gasteiger partial charge is 0.114 e. The molecule has 1 aliphatic rings. The Balaban J connectivity index is 1.18. The SMILES string of the molecule is C[Si]1(C)c2cc(N(c3cccc(-c4ccc5ccccc5c4)c3)c3ccccc3-c3ccccc3)ccc2-c2c1ccc1c2sc2ccccc21. The molecule has 0 radical (unpaired) electrons. The van der Waals surface area contributed by atoms with E-state index < -0.39 is 8.07 Å². The monoisotopic (exact) mass is 685 g/mol. The summed E-state index contributed by atoms with van der Waals surface area (Å²) >= 11 is 1.95. The van der Waals surface area contributed by atoms with Gasteiger partial charge in [0.25, 0.3) is 0 Å². The molecule has 1 aromatic heterocycles. The first-order chi connectivity index (χ1) is 25.0. The molecule has 0 fully saturated rings. The van der Waals surface area contributed by atoms with Crippen molar-refractivity contribution in [3.05, 3.63) is 176 Å². The molecule has 0 N–H and O–H groups in total. The van der Waals surface area contributed by atoms with E-state index in [1.165, 1.54) is 80.9 Å². The second kappa shape index (κ2) is 11.7. The van der Waals surface area contributed by atoms with Gasteiger partial charge < -0.3 is 4.90 Å². The van der Waals surface area contributed by atoms with Crippen molar-refractivity contribution in [3.63, 3.8) is 0 Å². The van der Waals surface area contributed by atoms with Gasteiger partial charge in [-0.15, -0.1) is 11.3 Å².